The molecule has 7 heteroatoms. The molecule has 1 aliphatic rings. The van der Waals surface area contributed by atoms with Gasteiger partial charge in [0.05, 0.1) is 12.1 Å². The summed E-state index contributed by atoms with van der Waals surface area (Å²) < 4.78 is 5.26. The number of aliphatic hydroxyl groups is 1. The highest BCUT2D eigenvalue weighted by Crippen LogP contribution is 2.16. The molecule has 1 amide bonds. The van der Waals surface area contributed by atoms with Crippen molar-refractivity contribution >= 4 is 6.09 Å². The van der Waals surface area contributed by atoms with Gasteiger partial charge >= 0.3 is 6.09 Å². The molecule has 0 aliphatic carbocycles. The molecule has 1 aliphatic heterocycles. The van der Waals surface area contributed by atoms with Crippen LogP contribution in [0.1, 0.15) is 18.4 Å². The highest BCUT2D eigenvalue weighted by molar-refractivity contribution is 5.67. The van der Waals surface area contributed by atoms with Gasteiger partial charge in [0, 0.05) is 18.0 Å². The van der Waals surface area contributed by atoms with Gasteiger partial charge in [0.25, 0.3) is 0 Å². The van der Waals surface area contributed by atoms with E-state index in [1.807, 2.05) is 30.3 Å². The summed E-state index contributed by atoms with van der Waals surface area (Å²) >= 11 is 0. The minimum absolute atomic E-state index is 0.179. The molecule has 2 rings (SSSR count). The minimum atomic E-state index is -0.715. The van der Waals surface area contributed by atoms with E-state index in [9.17, 15) is 9.90 Å². The molecular formula is C14H18N4O3. The van der Waals surface area contributed by atoms with E-state index in [-0.39, 0.29) is 13.2 Å². The predicted molar refractivity (Wildman–Crippen MR) is 76.4 cm³/mol. The standard InChI is InChI=1S/C14H18N4O3/c15-17-16-12-9-18(8-4-7-13(12)19)14(20)21-10-11-5-2-1-3-6-11/h1-3,5-6,12-13,19H,4,7-10H2/t12-,13+/m1/s1. The quantitative estimate of drug-likeness (QED) is 0.526. The molecule has 1 saturated heterocycles. The van der Waals surface area contributed by atoms with Crippen molar-refractivity contribution in [2.45, 2.75) is 31.6 Å². The number of ether oxygens (including phenoxy) is 1. The van der Waals surface area contributed by atoms with E-state index < -0.39 is 18.2 Å². The van der Waals surface area contributed by atoms with E-state index in [0.29, 0.717) is 19.4 Å². The van der Waals surface area contributed by atoms with E-state index in [4.69, 9.17) is 10.3 Å². The van der Waals surface area contributed by atoms with Crippen LogP contribution in [0.15, 0.2) is 35.4 Å². The maximum absolute atomic E-state index is 12.1. The summed E-state index contributed by atoms with van der Waals surface area (Å²) in [5.41, 5.74) is 9.43. The topological polar surface area (TPSA) is 98.5 Å². The number of amides is 1. The van der Waals surface area contributed by atoms with Gasteiger partial charge in [-0.25, -0.2) is 4.79 Å². The minimum Gasteiger partial charge on any atom is -0.445 e. The highest BCUT2D eigenvalue weighted by Gasteiger charge is 2.28. The predicted octanol–water partition coefficient (Wildman–Crippen LogP) is 2.46. The van der Waals surface area contributed by atoms with Gasteiger partial charge in [-0.2, -0.15) is 0 Å². The SMILES string of the molecule is [N-]=[N+]=N[C@@H]1CN(C(=O)OCc2ccccc2)CCC[C@@H]1O. The molecule has 112 valence electrons. The molecule has 21 heavy (non-hydrogen) atoms. The van der Waals surface area contributed by atoms with Crippen LogP contribution in [-0.4, -0.2) is 41.3 Å². The molecule has 1 aromatic rings. The average molecular weight is 290 g/mol. The van der Waals surface area contributed by atoms with Crippen LogP contribution in [0.2, 0.25) is 0 Å². The maximum Gasteiger partial charge on any atom is 0.410 e. The lowest BCUT2D eigenvalue weighted by atomic mass is 10.1. The van der Waals surface area contributed by atoms with Gasteiger partial charge < -0.3 is 14.7 Å². The molecule has 1 fully saturated rings. The summed E-state index contributed by atoms with van der Waals surface area (Å²) in [4.78, 5) is 16.3. The monoisotopic (exact) mass is 290 g/mol. The number of nitrogens with zero attached hydrogens (tertiary/aromatic N) is 4. The number of azide groups is 1. The number of likely N-dealkylation sites (tertiary alicyclic amines) is 1. The van der Waals surface area contributed by atoms with E-state index in [2.05, 4.69) is 10.0 Å². The third-order valence-corrected chi connectivity index (χ3v) is 3.44. The van der Waals surface area contributed by atoms with E-state index in [0.717, 1.165) is 5.56 Å². The number of hydrogen-bond donors (Lipinski definition) is 1. The Labute approximate surface area is 122 Å². The molecule has 1 N–H and O–H groups in total. The fourth-order valence-corrected chi connectivity index (χ4v) is 2.28. The highest BCUT2D eigenvalue weighted by atomic mass is 16.6. The Balaban J connectivity index is 1.93. The average Bonchev–Trinajstić information content (AvgIpc) is 2.69. The first-order valence-electron chi connectivity index (χ1n) is 6.88. The summed E-state index contributed by atoms with van der Waals surface area (Å²) in [6, 6.07) is 8.78. The van der Waals surface area contributed by atoms with Gasteiger partial charge in [-0.15, -0.1) is 0 Å². The van der Waals surface area contributed by atoms with Crippen molar-refractivity contribution in [2.75, 3.05) is 13.1 Å². The van der Waals surface area contributed by atoms with E-state index in [1.54, 1.807) is 0 Å². The third-order valence-electron chi connectivity index (χ3n) is 3.44. The van der Waals surface area contributed by atoms with E-state index in [1.165, 1.54) is 4.90 Å². The zero-order valence-corrected chi connectivity index (χ0v) is 11.6. The first kappa shape index (κ1) is 15.2. The van der Waals surface area contributed by atoms with Crippen molar-refractivity contribution < 1.29 is 14.6 Å². The van der Waals surface area contributed by atoms with Crippen molar-refractivity contribution in [1.29, 1.82) is 0 Å². The number of hydrogen-bond acceptors (Lipinski definition) is 4. The van der Waals surface area contributed by atoms with Crippen molar-refractivity contribution in [3.05, 3.63) is 46.3 Å². The molecule has 0 radical (unpaired) electrons. The molecule has 1 heterocycles. The Morgan fingerprint density at radius 1 is 1.48 bits per heavy atom. The number of rotatable bonds is 3. The lowest BCUT2D eigenvalue weighted by molar-refractivity contribution is 0.0905. The van der Waals surface area contributed by atoms with Crippen molar-refractivity contribution in [1.82, 2.24) is 4.90 Å². The van der Waals surface area contributed by atoms with Gasteiger partial charge in [0.2, 0.25) is 0 Å². The van der Waals surface area contributed by atoms with Gasteiger partial charge in [-0.3, -0.25) is 0 Å². The second-order valence-corrected chi connectivity index (χ2v) is 4.97. The number of carbonyl (C=O) groups excluding carboxylic acids is 1. The molecule has 0 saturated carbocycles. The van der Waals surface area contributed by atoms with Crippen LogP contribution in [0.3, 0.4) is 0 Å². The Morgan fingerprint density at radius 2 is 2.24 bits per heavy atom. The Kier molecular flexibility index (Phi) is 5.43. The van der Waals surface area contributed by atoms with Crippen LogP contribution < -0.4 is 0 Å². The van der Waals surface area contributed by atoms with Crippen LogP contribution >= 0.6 is 0 Å². The molecular weight excluding hydrogens is 272 g/mol. The normalized spacial score (nSPS) is 22.0. The van der Waals surface area contributed by atoms with Crippen molar-refractivity contribution in [3.63, 3.8) is 0 Å². The lowest BCUT2D eigenvalue weighted by Gasteiger charge is -2.22. The first-order chi connectivity index (χ1) is 10.2. The molecule has 0 spiro atoms. The Bertz CT molecular complexity index is 516. The first-order valence-corrected chi connectivity index (χ1v) is 6.88. The molecule has 0 unspecified atom stereocenters. The smallest absolute Gasteiger partial charge is 0.410 e. The maximum atomic E-state index is 12.1. The fraction of sp³-hybridized carbons (Fsp3) is 0.500. The van der Waals surface area contributed by atoms with Gasteiger partial charge in [-0.05, 0) is 23.9 Å². The van der Waals surface area contributed by atoms with Crippen LogP contribution in [-0.2, 0) is 11.3 Å². The molecule has 2 atom stereocenters. The summed E-state index contributed by atoms with van der Waals surface area (Å²) in [6.45, 7) is 0.867. The van der Waals surface area contributed by atoms with Crippen LogP contribution in [0.5, 0.6) is 0 Å². The van der Waals surface area contributed by atoms with Crippen LogP contribution in [0, 0.1) is 0 Å². The van der Waals surface area contributed by atoms with Crippen LogP contribution in [0.4, 0.5) is 4.79 Å². The lowest BCUT2D eigenvalue weighted by Crippen LogP contribution is -2.38. The number of carbonyl (C=O) groups is 1. The van der Waals surface area contributed by atoms with E-state index >= 15 is 0 Å². The Hall–Kier alpha value is -2.24. The molecule has 1 aromatic carbocycles. The largest absolute Gasteiger partial charge is 0.445 e. The van der Waals surface area contributed by atoms with Crippen molar-refractivity contribution in [3.8, 4) is 0 Å². The second-order valence-electron chi connectivity index (χ2n) is 4.97. The van der Waals surface area contributed by atoms with Crippen LogP contribution in [0.25, 0.3) is 10.4 Å². The number of aliphatic hydroxyl groups excluding tert-OH is 1. The zero-order chi connectivity index (χ0) is 15.1. The van der Waals surface area contributed by atoms with Crippen molar-refractivity contribution in [2.24, 2.45) is 5.11 Å². The second kappa shape index (κ2) is 7.52. The molecule has 0 aromatic heterocycles. The summed E-state index contributed by atoms with van der Waals surface area (Å²) in [5, 5.41) is 13.4. The van der Waals surface area contributed by atoms with Gasteiger partial charge in [0.15, 0.2) is 0 Å². The zero-order valence-electron chi connectivity index (χ0n) is 11.6. The Morgan fingerprint density at radius 3 is 2.95 bits per heavy atom. The summed E-state index contributed by atoms with van der Waals surface area (Å²) in [5.74, 6) is 0. The van der Waals surface area contributed by atoms with Gasteiger partial charge in [0.1, 0.15) is 6.61 Å². The fourth-order valence-electron chi connectivity index (χ4n) is 2.28. The van der Waals surface area contributed by atoms with Gasteiger partial charge in [-0.1, -0.05) is 35.4 Å². The molecule has 7 nitrogen and oxygen atoms in total. The molecule has 0 bridgehead atoms. The summed E-state index contributed by atoms with van der Waals surface area (Å²) in [6.07, 6.45) is -0.00973. The third kappa shape index (κ3) is 4.37. The number of benzene rings is 1. The summed E-state index contributed by atoms with van der Waals surface area (Å²) in [7, 11) is 0.